The van der Waals surface area contributed by atoms with Gasteiger partial charge in [-0.15, -0.1) is 0 Å². The normalized spacial score (nSPS) is 10.7. The number of aromatic nitrogens is 3. The van der Waals surface area contributed by atoms with Gasteiger partial charge in [0.2, 0.25) is 5.82 Å². The highest BCUT2D eigenvalue weighted by Gasteiger charge is 2.14. The maximum Gasteiger partial charge on any atom is 0.261 e. The van der Waals surface area contributed by atoms with E-state index >= 15 is 0 Å². The van der Waals surface area contributed by atoms with Crippen molar-refractivity contribution in [1.82, 2.24) is 15.1 Å². The molecule has 0 amide bonds. The van der Waals surface area contributed by atoms with Gasteiger partial charge in [0, 0.05) is 18.3 Å². The smallest absolute Gasteiger partial charge is 0.261 e. The number of nitrogens with one attached hydrogen (secondary N) is 1. The predicted octanol–water partition coefficient (Wildman–Crippen LogP) is 4.76. The molecule has 5 nitrogen and oxygen atoms in total. The highest BCUT2D eigenvalue weighted by atomic mass is 16.5. The second kappa shape index (κ2) is 7.83. The van der Waals surface area contributed by atoms with E-state index in [2.05, 4.69) is 32.6 Å². The van der Waals surface area contributed by atoms with Gasteiger partial charge in [0.15, 0.2) is 0 Å². The fourth-order valence-corrected chi connectivity index (χ4v) is 2.92. The van der Waals surface area contributed by atoms with Crippen LogP contribution < -0.4 is 5.32 Å². The lowest BCUT2D eigenvalue weighted by Gasteiger charge is -2.08. The first-order valence-corrected chi connectivity index (χ1v) is 8.93. The van der Waals surface area contributed by atoms with Gasteiger partial charge in [0.05, 0.1) is 5.56 Å². The predicted molar refractivity (Wildman–Crippen MR) is 106 cm³/mol. The number of benzene rings is 2. The molecule has 2 heterocycles. The van der Waals surface area contributed by atoms with E-state index in [1.807, 2.05) is 61.5 Å². The summed E-state index contributed by atoms with van der Waals surface area (Å²) in [6.07, 6.45) is 2.67. The summed E-state index contributed by atoms with van der Waals surface area (Å²) in [6.45, 7) is 2.81. The molecular weight excluding hydrogens is 336 g/mol. The molecule has 0 fully saturated rings. The van der Waals surface area contributed by atoms with E-state index in [0.29, 0.717) is 11.7 Å². The minimum Gasteiger partial charge on any atom is -0.369 e. The molecule has 0 aliphatic carbocycles. The van der Waals surface area contributed by atoms with Crippen LogP contribution in [0.25, 0.3) is 22.8 Å². The Labute approximate surface area is 158 Å². The lowest BCUT2D eigenvalue weighted by Crippen LogP contribution is -2.07. The second-order valence-electron chi connectivity index (χ2n) is 6.35. The van der Waals surface area contributed by atoms with Crippen molar-refractivity contribution in [2.75, 3.05) is 11.9 Å². The molecule has 0 atom stereocenters. The van der Waals surface area contributed by atoms with Crippen molar-refractivity contribution in [2.45, 2.75) is 13.3 Å². The van der Waals surface area contributed by atoms with Crippen LogP contribution in [0.15, 0.2) is 77.4 Å². The number of hydrogen-bond donors (Lipinski definition) is 1. The Balaban J connectivity index is 1.53. The fraction of sp³-hybridized carbons (Fsp3) is 0.136. The van der Waals surface area contributed by atoms with Crippen molar-refractivity contribution < 1.29 is 4.52 Å². The third-order valence-corrected chi connectivity index (χ3v) is 4.29. The Morgan fingerprint density at radius 3 is 2.70 bits per heavy atom. The third kappa shape index (κ3) is 4.03. The van der Waals surface area contributed by atoms with E-state index in [1.54, 1.807) is 6.20 Å². The van der Waals surface area contributed by atoms with Crippen molar-refractivity contribution in [2.24, 2.45) is 0 Å². The highest BCUT2D eigenvalue weighted by molar-refractivity contribution is 5.70. The zero-order valence-corrected chi connectivity index (χ0v) is 15.1. The minimum atomic E-state index is 0.460. The van der Waals surface area contributed by atoms with Crippen LogP contribution in [0.4, 0.5) is 5.82 Å². The van der Waals surface area contributed by atoms with Crippen molar-refractivity contribution in [3.05, 3.63) is 84.1 Å². The number of rotatable bonds is 6. The Hall–Kier alpha value is -3.47. The topological polar surface area (TPSA) is 63.8 Å². The van der Waals surface area contributed by atoms with E-state index in [9.17, 15) is 0 Å². The van der Waals surface area contributed by atoms with Gasteiger partial charge in [0.25, 0.3) is 5.89 Å². The van der Waals surface area contributed by atoms with Gasteiger partial charge in [0.1, 0.15) is 5.82 Å². The molecule has 2 aromatic heterocycles. The molecule has 4 aromatic rings. The molecule has 134 valence electrons. The van der Waals surface area contributed by atoms with E-state index in [1.165, 1.54) is 5.56 Å². The summed E-state index contributed by atoms with van der Waals surface area (Å²) < 4.78 is 5.51. The first kappa shape index (κ1) is 17.0. The van der Waals surface area contributed by atoms with Crippen LogP contribution in [0.3, 0.4) is 0 Å². The highest BCUT2D eigenvalue weighted by Crippen LogP contribution is 2.27. The lowest BCUT2D eigenvalue weighted by molar-refractivity contribution is 0.432. The van der Waals surface area contributed by atoms with E-state index < -0.39 is 0 Å². The fourth-order valence-electron chi connectivity index (χ4n) is 2.92. The number of nitrogens with zero attached hydrogens (tertiary/aromatic N) is 3. The van der Waals surface area contributed by atoms with E-state index in [0.717, 1.165) is 35.5 Å². The molecule has 0 bridgehead atoms. The van der Waals surface area contributed by atoms with Crippen LogP contribution in [0, 0.1) is 6.92 Å². The summed E-state index contributed by atoms with van der Waals surface area (Å²) in [5.41, 5.74) is 4.18. The monoisotopic (exact) mass is 356 g/mol. The summed E-state index contributed by atoms with van der Waals surface area (Å²) in [4.78, 5) is 9.00. The van der Waals surface area contributed by atoms with Crippen molar-refractivity contribution >= 4 is 5.82 Å². The van der Waals surface area contributed by atoms with Gasteiger partial charge in [-0.05, 0) is 37.1 Å². The van der Waals surface area contributed by atoms with Crippen LogP contribution in [-0.2, 0) is 6.42 Å². The Morgan fingerprint density at radius 1 is 0.963 bits per heavy atom. The molecule has 0 aliphatic heterocycles. The van der Waals surface area contributed by atoms with Crippen molar-refractivity contribution in [3.63, 3.8) is 0 Å². The van der Waals surface area contributed by atoms with E-state index in [4.69, 9.17) is 4.52 Å². The minimum absolute atomic E-state index is 0.460. The molecule has 0 radical (unpaired) electrons. The molecule has 0 unspecified atom stereocenters. The average molecular weight is 356 g/mol. The molecule has 27 heavy (non-hydrogen) atoms. The zero-order chi connectivity index (χ0) is 18.5. The molecule has 0 spiro atoms. The van der Waals surface area contributed by atoms with Crippen LogP contribution >= 0.6 is 0 Å². The Morgan fingerprint density at radius 2 is 1.85 bits per heavy atom. The number of hydrogen-bond acceptors (Lipinski definition) is 5. The number of aryl methyl sites for hydroxylation is 1. The molecular formula is C22H20N4O. The molecule has 0 saturated carbocycles. The zero-order valence-electron chi connectivity index (χ0n) is 15.1. The van der Waals surface area contributed by atoms with Gasteiger partial charge >= 0.3 is 0 Å². The van der Waals surface area contributed by atoms with Crippen LogP contribution in [0.1, 0.15) is 11.1 Å². The molecule has 0 saturated heterocycles. The first-order valence-electron chi connectivity index (χ1n) is 8.93. The van der Waals surface area contributed by atoms with Gasteiger partial charge in [-0.1, -0.05) is 59.3 Å². The third-order valence-electron chi connectivity index (χ3n) is 4.29. The Bertz CT molecular complexity index is 1030. The average Bonchev–Trinajstić information content (AvgIpc) is 3.19. The second-order valence-corrected chi connectivity index (χ2v) is 6.35. The first-order chi connectivity index (χ1) is 13.3. The van der Waals surface area contributed by atoms with Crippen LogP contribution in [0.2, 0.25) is 0 Å². The largest absolute Gasteiger partial charge is 0.369 e. The van der Waals surface area contributed by atoms with Crippen LogP contribution in [-0.4, -0.2) is 21.7 Å². The Kier molecular flexibility index (Phi) is 4.92. The van der Waals surface area contributed by atoms with Gasteiger partial charge < -0.3 is 9.84 Å². The van der Waals surface area contributed by atoms with Crippen molar-refractivity contribution in [3.8, 4) is 22.8 Å². The maximum absolute atomic E-state index is 5.51. The lowest BCUT2D eigenvalue weighted by atomic mass is 10.1. The summed E-state index contributed by atoms with van der Waals surface area (Å²) in [7, 11) is 0. The summed E-state index contributed by atoms with van der Waals surface area (Å²) in [5.74, 6) is 1.78. The van der Waals surface area contributed by atoms with Gasteiger partial charge in [-0.3, -0.25) is 0 Å². The summed E-state index contributed by atoms with van der Waals surface area (Å²) in [6, 6.07) is 22.2. The van der Waals surface area contributed by atoms with Crippen molar-refractivity contribution in [1.29, 1.82) is 0 Å². The van der Waals surface area contributed by atoms with Gasteiger partial charge in [-0.25, -0.2) is 4.98 Å². The number of anilines is 1. The molecule has 5 heteroatoms. The SMILES string of the molecule is Cc1cccc(-c2noc(-c3cccnc3NCCc3ccccc3)n2)c1. The quantitative estimate of drug-likeness (QED) is 0.539. The molecule has 1 N–H and O–H groups in total. The van der Waals surface area contributed by atoms with E-state index in [-0.39, 0.29) is 0 Å². The van der Waals surface area contributed by atoms with Crippen LogP contribution in [0.5, 0.6) is 0 Å². The standard InChI is InChI=1S/C22H20N4O/c1-16-7-5-10-18(15-16)20-25-22(27-26-20)19-11-6-13-23-21(19)24-14-12-17-8-3-2-4-9-17/h2-11,13,15H,12,14H2,1H3,(H,23,24). The summed E-state index contributed by atoms with van der Waals surface area (Å²) in [5, 5.41) is 7.51. The summed E-state index contributed by atoms with van der Waals surface area (Å²) >= 11 is 0. The maximum atomic E-state index is 5.51. The molecule has 0 aliphatic rings. The number of pyridine rings is 1. The molecule has 2 aromatic carbocycles. The van der Waals surface area contributed by atoms with Gasteiger partial charge in [-0.2, -0.15) is 4.98 Å². The molecule has 4 rings (SSSR count).